The quantitative estimate of drug-likeness (QED) is 0.885. The average Bonchev–Trinajstić information content (AvgIpc) is 2.40. The summed E-state index contributed by atoms with van der Waals surface area (Å²) in [6.45, 7) is 5.15. The van der Waals surface area contributed by atoms with Crippen molar-refractivity contribution in [3.8, 4) is 0 Å². The molecule has 1 N–H and O–H groups in total. The van der Waals surface area contributed by atoms with E-state index in [4.69, 9.17) is 0 Å². The van der Waals surface area contributed by atoms with E-state index in [1.165, 1.54) is 19.3 Å². The van der Waals surface area contributed by atoms with Crippen molar-refractivity contribution in [2.75, 3.05) is 19.6 Å². The minimum Gasteiger partial charge on any atom is -0.481 e. The van der Waals surface area contributed by atoms with Gasteiger partial charge in [-0.05, 0) is 51.4 Å². The van der Waals surface area contributed by atoms with Crippen molar-refractivity contribution in [3.63, 3.8) is 0 Å². The fraction of sp³-hybridized carbons (Fsp3) is 0.562. The molecule has 3 nitrogen and oxygen atoms in total. The van der Waals surface area contributed by atoms with Gasteiger partial charge >= 0.3 is 5.97 Å². The molecule has 1 aliphatic heterocycles. The number of carboxylic acids is 1. The molecule has 104 valence electrons. The van der Waals surface area contributed by atoms with E-state index in [1.54, 1.807) is 0 Å². The van der Waals surface area contributed by atoms with Crippen LogP contribution in [0.3, 0.4) is 0 Å². The number of benzene rings is 1. The van der Waals surface area contributed by atoms with E-state index in [9.17, 15) is 9.90 Å². The number of hydrogen-bond acceptors (Lipinski definition) is 2. The smallest absolute Gasteiger partial charge is 0.311 e. The standard InChI is InChI=1S/C16H23NO2/c1-13-6-5-7-14(12-13)15(16(18)19)8-11-17-9-3-2-4-10-17/h5-7,12,15H,2-4,8-11H2,1H3,(H,18,19). The first-order chi connectivity index (χ1) is 9.16. The van der Waals surface area contributed by atoms with Crippen LogP contribution in [0.15, 0.2) is 24.3 Å². The molecule has 1 fully saturated rings. The first-order valence-electron chi connectivity index (χ1n) is 7.18. The van der Waals surface area contributed by atoms with Gasteiger partial charge in [0.15, 0.2) is 0 Å². The Hall–Kier alpha value is -1.35. The zero-order valence-corrected chi connectivity index (χ0v) is 11.6. The highest BCUT2D eigenvalue weighted by Gasteiger charge is 2.21. The van der Waals surface area contributed by atoms with Crippen LogP contribution in [0.1, 0.15) is 42.7 Å². The molecule has 0 radical (unpaired) electrons. The summed E-state index contributed by atoms with van der Waals surface area (Å²) in [5.41, 5.74) is 2.06. The largest absolute Gasteiger partial charge is 0.481 e. The number of hydrogen-bond donors (Lipinski definition) is 1. The molecule has 2 rings (SSSR count). The Morgan fingerprint density at radius 1 is 1.32 bits per heavy atom. The Morgan fingerprint density at radius 2 is 2.05 bits per heavy atom. The molecule has 1 atom stereocenters. The van der Waals surface area contributed by atoms with Gasteiger partial charge in [0.1, 0.15) is 0 Å². The predicted octanol–water partition coefficient (Wildman–Crippen LogP) is 3.04. The molecule has 1 aromatic rings. The first kappa shape index (κ1) is 14.1. The summed E-state index contributed by atoms with van der Waals surface area (Å²) in [6.07, 6.45) is 4.53. The molecule has 1 aromatic carbocycles. The van der Waals surface area contributed by atoms with Crippen LogP contribution >= 0.6 is 0 Å². The Labute approximate surface area is 115 Å². The number of aliphatic carboxylic acids is 1. The fourth-order valence-electron chi connectivity index (χ4n) is 2.81. The predicted molar refractivity (Wildman–Crippen MR) is 76.5 cm³/mol. The number of rotatable bonds is 5. The highest BCUT2D eigenvalue weighted by Crippen LogP contribution is 2.22. The molecule has 1 unspecified atom stereocenters. The second-order valence-electron chi connectivity index (χ2n) is 5.50. The molecule has 1 heterocycles. The van der Waals surface area contributed by atoms with E-state index in [2.05, 4.69) is 4.90 Å². The fourth-order valence-corrected chi connectivity index (χ4v) is 2.81. The second-order valence-corrected chi connectivity index (χ2v) is 5.50. The lowest BCUT2D eigenvalue weighted by molar-refractivity contribution is -0.139. The minimum absolute atomic E-state index is 0.373. The van der Waals surface area contributed by atoms with E-state index in [-0.39, 0.29) is 5.92 Å². The third-order valence-electron chi connectivity index (χ3n) is 3.93. The van der Waals surface area contributed by atoms with Gasteiger partial charge in [0.2, 0.25) is 0 Å². The Kier molecular flexibility index (Phi) is 4.97. The van der Waals surface area contributed by atoms with Crippen molar-refractivity contribution in [3.05, 3.63) is 35.4 Å². The Bertz CT molecular complexity index is 425. The molecule has 0 amide bonds. The topological polar surface area (TPSA) is 40.5 Å². The van der Waals surface area contributed by atoms with Gasteiger partial charge < -0.3 is 10.0 Å². The second kappa shape index (κ2) is 6.71. The van der Waals surface area contributed by atoms with Gasteiger partial charge in [0.25, 0.3) is 0 Å². The van der Waals surface area contributed by atoms with Crippen LogP contribution < -0.4 is 0 Å². The van der Waals surface area contributed by atoms with Crippen molar-refractivity contribution in [2.45, 2.75) is 38.5 Å². The summed E-state index contributed by atoms with van der Waals surface area (Å²) in [7, 11) is 0. The van der Waals surface area contributed by atoms with Gasteiger partial charge in [-0.3, -0.25) is 4.79 Å². The van der Waals surface area contributed by atoms with Gasteiger partial charge in [-0.25, -0.2) is 0 Å². The molecule has 0 aliphatic carbocycles. The van der Waals surface area contributed by atoms with Gasteiger partial charge in [0, 0.05) is 0 Å². The third-order valence-corrected chi connectivity index (χ3v) is 3.93. The molecular weight excluding hydrogens is 238 g/mol. The lowest BCUT2D eigenvalue weighted by Crippen LogP contribution is -2.32. The maximum Gasteiger partial charge on any atom is 0.311 e. The SMILES string of the molecule is Cc1cccc(C(CCN2CCCCC2)C(=O)O)c1. The Morgan fingerprint density at radius 3 is 2.68 bits per heavy atom. The third kappa shape index (κ3) is 4.06. The zero-order valence-electron chi connectivity index (χ0n) is 11.6. The van der Waals surface area contributed by atoms with Crippen LogP contribution in [0, 0.1) is 6.92 Å². The average molecular weight is 261 g/mol. The lowest BCUT2D eigenvalue weighted by atomic mass is 9.94. The maximum atomic E-state index is 11.5. The van der Waals surface area contributed by atoms with Crippen LogP contribution in [-0.4, -0.2) is 35.6 Å². The number of aryl methyl sites for hydroxylation is 1. The summed E-state index contributed by atoms with van der Waals surface area (Å²) < 4.78 is 0. The number of piperidine rings is 1. The summed E-state index contributed by atoms with van der Waals surface area (Å²) in [5.74, 6) is -1.08. The van der Waals surface area contributed by atoms with Crippen molar-refractivity contribution in [1.82, 2.24) is 4.90 Å². The number of carboxylic acid groups (broad SMARTS) is 1. The first-order valence-corrected chi connectivity index (χ1v) is 7.18. The van der Waals surface area contributed by atoms with Crippen molar-refractivity contribution in [2.24, 2.45) is 0 Å². The Balaban J connectivity index is 1.98. The van der Waals surface area contributed by atoms with Crippen LogP contribution in [0.5, 0.6) is 0 Å². The van der Waals surface area contributed by atoms with Crippen LogP contribution in [0.25, 0.3) is 0 Å². The van der Waals surface area contributed by atoms with E-state index in [1.807, 2.05) is 31.2 Å². The highest BCUT2D eigenvalue weighted by molar-refractivity contribution is 5.76. The number of likely N-dealkylation sites (tertiary alicyclic amines) is 1. The molecule has 0 aromatic heterocycles. The molecule has 0 saturated carbocycles. The van der Waals surface area contributed by atoms with Crippen molar-refractivity contribution < 1.29 is 9.90 Å². The number of carbonyl (C=O) groups is 1. The molecule has 19 heavy (non-hydrogen) atoms. The normalized spacial score (nSPS) is 18.2. The maximum absolute atomic E-state index is 11.5. The number of nitrogens with zero attached hydrogens (tertiary/aromatic N) is 1. The van der Waals surface area contributed by atoms with Crippen LogP contribution in [0.4, 0.5) is 0 Å². The van der Waals surface area contributed by atoms with E-state index < -0.39 is 5.97 Å². The van der Waals surface area contributed by atoms with Gasteiger partial charge in [0.05, 0.1) is 5.92 Å². The molecule has 1 aliphatic rings. The summed E-state index contributed by atoms with van der Waals surface area (Å²) in [5, 5.41) is 9.43. The highest BCUT2D eigenvalue weighted by atomic mass is 16.4. The molecule has 1 saturated heterocycles. The van der Waals surface area contributed by atoms with Gasteiger partial charge in [-0.1, -0.05) is 36.2 Å². The molecule has 3 heteroatoms. The molecule has 0 bridgehead atoms. The minimum atomic E-state index is -0.706. The summed E-state index contributed by atoms with van der Waals surface area (Å²) in [4.78, 5) is 13.9. The van der Waals surface area contributed by atoms with E-state index >= 15 is 0 Å². The summed E-state index contributed by atoms with van der Waals surface area (Å²) in [6, 6.07) is 7.88. The van der Waals surface area contributed by atoms with Crippen LogP contribution in [-0.2, 0) is 4.79 Å². The molecule has 0 spiro atoms. The van der Waals surface area contributed by atoms with Crippen molar-refractivity contribution in [1.29, 1.82) is 0 Å². The molecular formula is C16H23NO2. The monoisotopic (exact) mass is 261 g/mol. The van der Waals surface area contributed by atoms with E-state index in [0.29, 0.717) is 6.42 Å². The van der Waals surface area contributed by atoms with Crippen LogP contribution in [0.2, 0.25) is 0 Å². The van der Waals surface area contributed by atoms with Gasteiger partial charge in [-0.15, -0.1) is 0 Å². The van der Waals surface area contributed by atoms with Gasteiger partial charge in [-0.2, -0.15) is 0 Å². The zero-order chi connectivity index (χ0) is 13.7. The summed E-state index contributed by atoms with van der Waals surface area (Å²) >= 11 is 0. The van der Waals surface area contributed by atoms with Crippen molar-refractivity contribution >= 4 is 5.97 Å². The van der Waals surface area contributed by atoms with E-state index in [0.717, 1.165) is 30.8 Å². The lowest BCUT2D eigenvalue weighted by Gasteiger charge is -2.27.